The van der Waals surface area contributed by atoms with Crippen LogP contribution in [-0.2, 0) is 6.54 Å². The van der Waals surface area contributed by atoms with Crippen LogP contribution in [0.1, 0.15) is 5.76 Å². The molecule has 0 aliphatic heterocycles. The second-order valence-corrected chi connectivity index (χ2v) is 2.70. The van der Waals surface area contributed by atoms with E-state index >= 15 is 0 Å². The van der Waals surface area contributed by atoms with Crippen molar-refractivity contribution in [3.8, 4) is 0 Å². The Morgan fingerprint density at radius 1 is 1.57 bits per heavy atom. The molecule has 72 valence electrons. The number of nitro groups is 1. The molecule has 0 aliphatic rings. The van der Waals surface area contributed by atoms with Crippen molar-refractivity contribution in [2.24, 2.45) is 0 Å². The third kappa shape index (κ3) is 1.63. The van der Waals surface area contributed by atoms with Gasteiger partial charge in [-0.2, -0.15) is 5.10 Å². The Balaban J connectivity index is 2.14. The van der Waals surface area contributed by atoms with Crippen molar-refractivity contribution < 1.29 is 9.34 Å². The van der Waals surface area contributed by atoms with Gasteiger partial charge in [0.05, 0.1) is 12.6 Å². The van der Waals surface area contributed by atoms with E-state index in [0.717, 1.165) is 0 Å². The molecule has 0 saturated carbocycles. The Morgan fingerprint density at radius 2 is 2.43 bits per heavy atom. The van der Waals surface area contributed by atoms with Crippen LogP contribution in [0, 0.1) is 10.1 Å². The van der Waals surface area contributed by atoms with Crippen molar-refractivity contribution in [1.82, 2.24) is 9.78 Å². The van der Waals surface area contributed by atoms with Crippen molar-refractivity contribution in [2.75, 3.05) is 0 Å². The van der Waals surface area contributed by atoms with E-state index in [1.807, 2.05) is 0 Å². The molecule has 2 heterocycles. The summed E-state index contributed by atoms with van der Waals surface area (Å²) < 4.78 is 6.59. The summed E-state index contributed by atoms with van der Waals surface area (Å²) in [6, 6.07) is 4.68. The van der Waals surface area contributed by atoms with Gasteiger partial charge in [0.25, 0.3) is 0 Å². The third-order valence-electron chi connectivity index (χ3n) is 1.70. The van der Waals surface area contributed by atoms with Crippen molar-refractivity contribution >= 4 is 5.88 Å². The van der Waals surface area contributed by atoms with Crippen LogP contribution in [0.2, 0.25) is 0 Å². The Bertz CT molecular complexity index is 432. The average molecular weight is 193 g/mol. The van der Waals surface area contributed by atoms with Crippen LogP contribution in [-0.4, -0.2) is 14.7 Å². The largest absolute Gasteiger partial charge is 0.433 e. The Morgan fingerprint density at radius 3 is 3.00 bits per heavy atom. The maximum Gasteiger partial charge on any atom is 0.433 e. The van der Waals surface area contributed by atoms with Crippen molar-refractivity contribution in [2.45, 2.75) is 6.54 Å². The molecule has 0 spiro atoms. The molecule has 6 nitrogen and oxygen atoms in total. The second kappa shape index (κ2) is 3.33. The molecule has 2 rings (SSSR count). The van der Waals surface area contributed by atoms with Crippen LogP contribution in [0.15, 0.2) is 35.0 Å². The van der Waals surface area contributed by atoms with Gasteiger partial charge in [0.15, 0.2) is 0 Å². The molecule has 0 unspecified atom stereocenters. The number of furan rings is 1. The molecule has 2 aromatic heterocycles. The van der Waals surface area contributed by atoms with Gasteiger partial charge in [0.1, 0.15) is 10.7 Å². The van der Waals surface area contributed by atoms with Gasteiger partial charge in [-0.1, -0.05) is 0 Å². The zero-order valence-electron chi connectivity index (χ0n) is 7.16. The van der Waals surface area contributed by atoms with Gasteiger partial charge in [0.2, 0.25) is 0 Å². The van der Waals surface area contributed by atoms with Gasteiger partial charge in [-0.15, -0.1) is 0 Å². The maximum atomic E-state index is 10.3. The molecule has 0 saturated heterocycles. The van der Waals surface area contributed by atoms with E-state index in [4.69, 9.17) is 4.42 Å². The quantitative estimate of drug-likeness (QED) is 0.545. The van der Waals surface area contributed by atoms with E-state index in [2.05, 4.69) is 5.10 Å². The first-order valence-electron chi connectivity index (χ1n) is 3.96. The van der Waals surface area contributed by atoms with Crippen molar-refractivity contribution in [1.29, 1.82) is 0 Å². The van der Waals surface area contributed by atoms with Gasteiger partial charge in [-0.05, 0) is 12.1 Å². The van der Waals surface area contributed by atoms with Crippen LogP contribution >= 0.6 is 0 Å². The minimum absolute atomic E-state index is 0.243. The lowest BCUT2D eigenvalue weighted by Gasteiger charge is -1.95. The predicted octanol–water partition coefficient (Wildman–Crippen LogP) is 1.43. The van der Waals surface area contributed by atoms with Crippen LogP contribution in [0.4, 0.5) is 5.88 Å². The minimum atomic E-state index is -0.563. The third-order valence-corrected chi connectivity index (χ3v) is 1.70. The highest BCUT2D eigenvalue weighted by Crippen LogP contribution is 2.15. The first-order chi connectivity index (χ1) is 6.75. The molecule has 0 fully saturated rings. The number of nitrogens with zero attached hydrogens (tertiary/aromatic N) is 3. The summed E-state index contributed by atoms with van der Waals surface area (Å²) in [7, 11) is 0. The zero-order valence-corrected chi connectivity index (χ0v) is 7.16. The summed E-state index contributed by atoms with van der Waals surface area (Å²) >= 11 is 0. The molecule has 0 radical (unpaired) electrons. The van der Waals surface area contributed by atoms with Crippen LogP contribution in [0.25, 0.3) is 0 Å². The van der Waals surface area contributed by atoms with E-state index < -0.39 is 4.92 Å². The number of aromatic nitrogens is 2. The molecule has 0 bridgehead atoms. The number of hydrogen-bond donors (Lipinski definition) is 0. The van der Waals surface area contributed by atoms with E-state index in [0.29, 0.717) is 12.3 Å². The molecule has 6 heteroatoms. The fourth-order valence-corrected chi connectivity index (χ4v) is 1.10. The average Bonchev–Trinajstić information content (AvgIpc) is 2.75. The Labute approximate surface area is 78.9 Å². The first kappa shape index (κ1) is 8.49. The molecule has 0 atom stereocenters. The lowest BCUT2D eigenvalue weighted by atomic mass is 10.4. The van der Waals surface area contributed by atoms with E-state index in [9.17, 15) is 10.1 Å². The summed E-state index contributed by atoms with van der Waals surface area (Å²) in [5.41, 5.74) is 0. The molecule has 0 amide bonds. The van der Waals surface area contributed by atoms with Gasteiger partial charge >= 0.3 is 5.88 Å². The Kier molecular flexibility index (Phi) is 2.02. The summed E-state index contributed by atoms with van der Waals surface area (Å²) in [4.78, 5) is 9.74. The lowest BCUT2D eigenvalue weighted by Crippen LogP contribution is -1.97. The maximum absolute atomic E-state index is 10.3. The summed E-state index contributed by atoms with van der Waals surface area (Å²) in [5.74, 6) is 0.271. The van der Waals surface area contributed by atoms with E-state index in [1.54, 1.807) is 29.2 Å². The number of hydrogen-bond acceptors (Lipinski definition) is 4. The molecule has 14 heavy (non-hydrogen) atoms. The monoisotopic (exact) mass is 193 g/mol. The van der Waals surface area contributed by atoms with Crippen LogP contribution in [0.3, 0.4) is 0 Å². The topological polar surface area (TPSA) is 74.1 Å². The van der Waals surface area contributed by atoms with Crippen LogP contribution in [0.5, 0.6) is 0 Å². The predicted molar refractivity (Wildman–Crippen MR) is 46.7 cm³/mol. The van der Waals surface area contributed by atoms with Gasteiger partial charge in [0, 0.05) is 12.4 Å². The summed E-state index contributed by atoms with van der Waals surface area (Å²) in [6.07, 6.45) is 3.39. The zero-order chi connectivity index (χ0) is 9.97. The highest BCUT2D eigenvalue weighted by atomic mass is 16.6. The van der Waals surface area contributed by atoms with Gasteiger partial charge < -0.3 is 4.42 Å². The summed E-state index contributed by atoms with van der Waals surface area (Å²) in [5, 5.41) is 14.3. The lowest BCUT2D eigenvalue weighted by molar-refractivity contribution is -0.402. The normalized spacial score (nSPS) is 10.3. The minimum Gasteiger partial charge on any atom is -0.404 e. The molecule has 0 aliphatic carbocycles. The van der Waals surface area contributed by atoms with Crippen molar-refractivity contribution in [3.63, 3.8) is 0 Å². The van der Waals surface area contributed by atoms with Gasteiger partial charge in [-0.3, -0.25) is 14.8 Å². The number of rotatable bonds is 3. The Hall–Kier alpha value is -2.11. The molecule has 0 N–H and O–H groups in total. The molecular weight excluding hydrogens is 186 g/mol. The highest BCUT2D eigenvalue weighted by molar-refractivity contribution is 5.17. The van der Waals surface area contributed by atoms with E-state index in [-0.39, 0.29) is 5.88 Å². The fraction of sp³-hybridized carbons (Fsp3) is 0.125. The SMILES string of the molecule is O=[N+]([O-])c1ccc(Cn2cccn2)o1. The van der Waals surface area contributed by atoms with Crippen molar-refractivity contribution in [3.05, 3.63) is 46.5 Å². The summed E-state index contributed by atoms with van der Waals surface area (Å²) in [6.45, 7) is 0.404. The highest BCUT2D eigenvalue weighted by Gasteiger charge is 2.11. The standard InChI is InChI=1S/C8H7N3O3/c12-11(13)8-3-2-7(14-8)6-10-5-1-4-9-10/h1-5H,6H2. The van der Waals surface area contributed by atoms with E-state index in [1.165, 1.54) is 6.07 Å². The fourth-order valence-electron chi connectivity index (χ4n) is 1.10. The molecule has 0 aromatic carbocycles. The first-order valence-corrected chi connectivity index (χ1v) is 3.96. The molecule has 2 aromatic rings. The smallest absolute Gasteiger partial charge is 0.404 e. The van der Waals surface area contributed by atoms with Gasteiger partial charge in [-0.25, -0.2) is 0 Å². The molecular formula is C8H7N3O3. The van der Waals surface area contributed by atoms with Crippen LogP contribution < -0.4 is 0 Å². The second-order valence-electron chi connectivity index (χ2n) is 2.70.